The van der Waals surface area contributed by atoms with Crippen molar-refractivity contribution in [2.75, 3.05) is 39.3 Å². The van der Waals surface area contributed by atoms with Crippen molar-refractivity contribution in [3.05, 3.63) is 16.1 Å². The number of rotatable bonds is 9. The van der Waals surface area contributed by atoms with Crippen molar-refractivity contribution in [3.8, 4) is 0 Å². The van der Waals surface area contributed by atoms with Crippen LogP contribution in [0.5, 0.6) is 0 Å². The molecule has 3 N–H and O–H groups in total. The standard InChI is InChI=1S/C19H34N6OS.HI/c1-4-20-19(22-9-7-13-25-12-6-5-8-15(25)2)23-11-10-21-18(26)17-16(3)24-14-27-17;/h14-15H,4-13H2,1-3H3,(H,21,26)(H2,20,22,23);1H. The van der Waals surface area contributed by atoms with E-state index in [2.05, 4.69) is 44.7 Å². The molecular weight excluding hydrogens is 487 g/mol. The Bertz CT molecular complexity index is 609. The second-order valence-electron chi connectivity index (χ2n) is 6.94. The number of nitrogens with zero attached hydrogens (tertiary/aromatic N) is 3. The van der Waals surface area contributed by atoms with Gasteiger partial charge in [0, 0.05) is 38.8 Å². The number of likely N-dealkylation sites (tertiary alicyclic amines) is 1. The fourth-order valence-corrected chi connectivity index (χ4v) is 3.97. The highest BCUT2D eigenvalue weighted by molar-refractivity contribution is 14.0. The van der Waals surface area contributed by atoms with Crippen molar-refractivity contribution in [3.63, 3.8) is 0 Å². The van der Waals surface area contributed by atoms with E-state index in [4.69, 9.17) is 0 Å². The predicted molar refractivity (Wildman–Crippen MR) is 128 cm³/mol. The van der Waals surface area contributed by atoms with Crippen LogP contribution in [0.3, 0.4) is 0 Å². The Kier molecular flexibility index (Phi) is 12.6. The van der Waals surface area contributed by atoms with Gasteiger partial charge in [-0.05, 0) is 46.6 Å². The van der Waals surface area contributed by atoms with E-state index in [-0.39, 0.29) is 29.9 Å². The smallest absolute Gasteiger partial charge is 0.263 e. The molecule has 1 aliphatic heterocycles. The Hall–Kier alpha value is -0.940. The average molecular weight is 523 g/mol. The highest BCUT2D eigenvalue weighted by Crippen LogP contribution is 2.16. The molecule has 0 saturated carbocycles. The third-order valence-electron chi connectivity index (χ3n) is 4.81. The third kappa shape index (κ3) is 8.60. The minimum absolute atomic E-state index is 0. The Balaban J connectivity index is 0.00000392. The molecule has 7 nitrogen and oxygen atoms in total. The first-order valence-corrected chi connectivity index (χ1v) is 10.9. The number of hydrogen-bond donors (Lipinski definition) is 3. The lowest BCUT2D eigenvalue weighted by molar-refractivity contribution is 0.0957. The summed E-state index contributed by atoms with van der Waals surface area (Å²) in [4.78, 5) is 24.1. The molecule has 1 unspecified atom stereocenters. The van der Waals surface area contributed by atoms with E-state index in [1.807, 2.05) is 6.92 Å². The van der Waals surface area contributed by atoms with E-state index >= 15 is 0 Å². The molecule has 0 aliphatic carbocycles. The normalized spacial score (nSPS) is 17.7. The Labute approximate surface area is 190 Å². The molecule has 2 heterocycles. The van der Waals surface area contributed by atoms with Gasteiger partial charge >= 0.3 is 0 Å². The molecule has 1 aliphatic rings. The van der Waals surface area contributed by atoms with E-state index in [1.54, 1.807) is 5.51 Å². The largest absolute Gasteiger partial charge is 0.357 e. The van der Waals surface area contributed by atoms with Crippen LogP contribution in [-0.4, -0.2) is 67.1 Å². The molecule has 1 atom stereocenters. The van der Waals surface area contributed by atoms with Gasteiger partial charge in [-0.3, -0.25) is 9.79 Å². The average Bonchev–Trinajstić information content (AvgIpc) is 3.09. The van der Waals surface area contributed by atoms with Crippen LogP contribution in [-0.2, 0) is 0 Å². The Morgan fingerprint density at radius 2 is 2.11 bits per heavy atom. The summed E-state index contributed by atoms with van der Waals surface area (Å²) in [6.45, 7) is 11.4. The van der Waals surface area contributed by atoms with E-state index in [1.165, 1.54) is 37.1 Å². The number of nitrogens with one attached hydrogen (secondary N) is 3. The van der Waals surface area contributed by atoms with Crippen LogP contribution < -0.4 is 16.0 Å². The molecule has 160 valence electrons. The van der Waals surface area contributed by atoms with Gasteiger partial charge < -0.3 is 20.9 Å². The molecule has 1 amide bonds. The summed E-state index contributed by atoms with van der Waals surface area (Å²) in [6, 6.07) is 0.708. The van der Waals surface area contributed by atoms with Crippen molar-refractivity contribution in [1.29, 1.82) is 0 Å². The van der Waals surface area contributed by atoms with Gasteiger partial charge in [-0.25, -0.2) is 4.98 Å². The maximum absolute atomic E-state index is 12.1. The number of piperidine rings is 1. The molecule has 9 heteroatoms. The highest BCUT2D eigenvalue weighted by Gasteiger charge is 2.17. The van der Waals surface area contributed by atoms with Crippen LogP contribution in [0.25, 0.3) is 0 Å². The fourth-order valence-electron chi connectivity index (χ4n) is 3.25. The summed E-state index contributed by atoms with van der Waals surface area (Å²) in [5, 5.41) is 9.46. The van der Waals surface area contributed by atoms with Crippen LogP contribution in [0.15, 0.2) is 10.5 Å². The molecule has 1 fully saturated rings. The second-order valence-corrected chi connectivity index (χ2v) is 7.80. The van der Waals surface area contributed by atoms with Gasteiger partial charge in [0.15, 0.2) is 5.96 Å². The zero-order valence-corrected chi connectivity index (χ0v) is 20.4. The number of aromatic nitrogens is 1. The number of thiazole rings is 1. The fraction of sp³-hybridized carbons (Fsp3) is 0.737. The monoisotopic (exact) mass is 522 g/mol. The highest BCUT2D eigenvalue weighted by atomic mass is 127. The van der Waals surface area contributed by atoms with E-state index in [9.17, 15) is 4.79 Å². The summed E-state index contributed by atoms with van der Waals surface area (Å²) < 4.78 is 0. The summed E-state index contributed by atoms with van der Waals surface area (Å²) in [6.07, 6.45) is 5.08. The molecular formula is C19H35IN6OS. The first-order chi connectivity index (χ1) is 13.1. The van der Waals surface area contributed by atoms with Gasteiger partial charge in [0.05, 0.1) is 11.2 Å². The number of carbonyl (C=O) groups excluding carboxylic acids is 1. The minimum atomic E-state index is -0.0607. The lowest BCUT2D eigenvalue weighted by atomic mass is 10.0. The third-order valence-corrected chi connectivity index (χ3v) is 5.74. The quantitative estimate of drug-likeness (QED) is 0.201. The number of amides is 1. The van der Waals surface area contributed by atoms with Gasteiger partial charge in [0.2, 0.25) is 0 Å². The number of guanidine groups is 1. The lowest BCUT2D eigenvalue weighted by Crippen LogP contribution is -2.42. The van der Waals surface area contributed by atoms with E-state index in [0.29, 0.717) is 24.0 Å². The number of carbonyl (C=O) groups is 1. The molecule has 1 aromatic rings. The van der Waals surface area contributed by atoms with Crippen LogP contribution >= 0.6 is 35.3 Å². The summed E-state index contributed by atoms with van der Waals surface area (Å²) in [7, 11) is 0. The zero-order valence-electron chi connectivity index (χ0n) is 17.3. The summed E-state index contributed by atoms with van der Waals surface area (Å²) in [5.41, 5.74) is 2.48. The molecule has 28 heavy (non-hydrogen) atoms. The maximum atomic E-state index is 12.1. The summed E-state index contributed by atoms with van der Waals surface area (Å²) >= 11 is 1.37. The topological polar surface area (TPSA) is 81.7 Å². The van der Waals surface area contributed by atoms with Crippen LogP contribution in [0.1, 0.15) is 54.9 Å². The number of halogens is 1. The van der Waals surface area contributed by atoms with Crippen LogP contribution in [0.4, 0.5) is 0 Å². The summed E-state index contributed by atoms with van der Waals surface area (Å²) in [5.74, 6) is 0.752. The van der Waals surface area contributed by atoms with Gasteiger partial charge in [-0.1, -0.05) is 6.42 Å². The van der Waals surface area contributed by atoms with Crippen molar-refractivity contribution in [1.82, 2.24) is 25.8 Å². The van der Waals surface area contributed by atoms with Gasteiger partial charge in [-0.2, -0.15) is 0 Å². The number of aliphatic imine (C=N–C) groups is 1. The van der Waals surface area contributed by atoms with Crippen molar-refractivity contribution >= 4 is 47.2 Å². The van der Waals surface area contributed by atoms with Crippen molar-refractivity contribution in [2.45, 2.75) is 52.5 Å². The number of hydrogen-bond acceptors (Lipinski definition) is 5. The number of aryl methyl sites for hydroxylation is 1. The van der Waals surface area contributed by atoms with E-state index < -0.39 is 0 Å². The first kappa shape index (κ1) is 25.1. The molecule has 2 rings (SSSR count). The van der Waals surface area contributed by atoms with Crippen LogP contribution in [0, 0.1) is 6.92 Å². The van der Waals surface area contributed by atoms with Gasteiger partial charge in [-0.15, -0.1) is 35.3 Å². The predicted octanol–water partition coefficient (Wildman–Crippen LogP) is 2.62. The van der Waals surface area contributed by atoms with Crippen LogP contribution in [0.2, 0.25) is 0 Å². The molecule has 0 bridgehead atoms. The second kappa shape index (κ2) is 14.1. The van der Waals surface area contributed by atoms with Crippen molar-refractivity contribution < 1.29 is 4.79 Å². The minimum Gasteiger partial charge on any atom is -0.357 e. The SMILES string of the molecule is CCNC(=NCCCN1CCCCC1C)NCCNC(=O)c1scnc1C.I. The van der Waals surface area contributed by atoms with Crippen molar-refractivity contribution in [2.24, 2.45) is 4.99 Å². The molecule has 0 aromatic carbocycles. The first-order valence-electron chi connectivity index (χ1n) is 10.1. The molecule has 1 aromatic heterocycles. The Morgan fingerprint density at radius 1 is 1.32 bits per heavy atom. The lowest BCUT2D eigenvalue weighted by Gasteiger charge is -2.33. The van der Waals surface area contributed by atoms with E-state index in [0.717, 1.165) is 37.7 Å². The molecule has 0 radical (unpaired) electrons. The molecule has 1 saturated heterocycles. The van der Waals surface area contributed by atoms with Gasteiger partial charge in [0.1, 0.15) is 4.88 Å². The zero-order chi connectivity index (χ0) is 19.5. The Morgan fingerprint density at radius 3 is 2.79 bits per heavy atom. The van der Waals surface area contributed by atoms with Gasteiger partial charge in [0.25, 0.3) is 5.91 Å². The molecule has 0 spiro atoms. The maximum Gasteiger partial charge on any atom is 0.263 e.